The molecule has 0 amide bonds. The summed E-state index contributed by atoms with van der Waals surface area (Å²) >= 11 is 0. The zero-order valence-electron chi connectivity index (χ0n) is 9.85. The second kappa shape index (κ2) is 4.41. The van der Waals surface area contributed by atoms with Crippen LogP contribution in [0.1, 0.15) is 6.23 Å². The minimum atomic E-state index is -1.67. The predicted octanol–water partition coefficient (Wildman–Crippen LogP) is -0.398. The van der Waals surface area contributed by atoms with E-state index in [1.165, 1.54) is 17.1 Å². The van der Waals surface area contributed by atoms with Gasteiger partial charge < -0.3 is 20.7 Å². The summed E-state index contributed by atoms with van der Waals surface area (Å²) in [5.41, 5.74) is 6.99. The van der Waals surface area contributed by atoms with E-state index in [9.17, 15) is 9.50 Å². The fourth-order valence-electron chi connectivity index (χ4n) is 2.22. The normalized spacial score (nSPS) is 31.1. The Morgan fingerprint density at radius 1 is 1.47 bits per heavy atom. The highest BCUT2D eigenvalue weighted by Gasteiger charge is 2.45. The quantitative estimate of drug-likeness (QED) is 0.684. The fraction of sp³-hybridized carbons (Fsp3) is 0.455. The Morgan fingerprint density at radius 2 is 2.26 bits per heavy atom. The van der Waals surface area contributed by atoms with Gasteiger partial charge in [-0.2, -0.15) is 0 Å². The van der Waals surface area contributed by atoms with Gasteiger partial charge in [-0.05, 0) is 6.07 Å². The summed E-state index contributed by atoms with van der Waals surface area (Å²) in [5.74, 6) is 0. The van der Waals surface area contributed by atoms with Gasteiger partial charge in [0, 0.05) is 6.20 Å². The Labute approximate surface area is 107 Å². The number of nitrogens with zero attached hydrogens (tertiary/aromatic N) is 3. The third kappa shape index (κ3) is 1.76. The summed E-state index contributed by atoms with van der Waals surface area (Å²) in [6.07, 6.45) is -2.24. The number of aromatic nitrogens is 3. The summed E-state index contributed by atoms with van der Waals surface area (Å²) < 4.78 is 20.7. The van der Waals surface area contributed by atoms with Crippen molar-refractivity contribution in [1.29, 1.82) is 0 Å². The third-order valence-corrected chi connectivity index (χ3v) is 3.24. The second-order valence-electron chi connectivity index (χ2n) is 4.41. The lowest BCUT2D eigenvalue weighted by atomic mass is 10.1. The average Bonchev–Trinajstić information content (AvgIpc) is 2.94. The van der Waals surface area contributed by atoms with Crippen LogP contribution in [0.4, 0.5) is 10.1 Å². The van der Waals surface area contributed by atoms with Gasteiger partial charge in [0.25, 0.3) is 0 Å². The SMILES string of the molecule is Nc1ccnc2c1ncn2[C@@H]1O[C@H](CO)[C@@H](O)[C@@H]1F. The molecule has 2 aromatic heterocycles. The zero-order chi connectivity index (χ0) is 13.6. The fourth-order valence-corrected chi connectivity index (χ4v) is 2.22. The first-order valence-corrected chi connectivity index (χ1v) is 5.79. The number of rotatable bonds is 2. The number of ether oxygens (including phenoxy) is 1. The highest BCUT2D eigenvalue weighted by Crippen LogP contribution is 2.33. The maximum Gasteiger partial charge on any atom is 0.173 e. The lowest BCUT2D eigenvalue weighted by molar-refractivity contribution is -0.0459. The van der Waals surface area contributed by atoms with Crippen molar-refractivity contribution in [1.82, 2.24) is 14.5 Å². The number of hydrogen-bond acceptors (Lipinski definition) is 6. The number of imidazole rings is 1. The summed E-state index contributed by atoms with van der Waals surface area (Å²) in [6.45, 7) is -0.458. The topological polar surface area (TPSA) is 106 Å². The molecule has 7 nitrogen and oxygen atoms in total. The van der Waals surface area contributed by atoms with E-state index < -0.39 is 31.2 Å². The highest BCUT2D eigenvalue weighted by molar-refractivity contribution is 5.83. The van der Waals surface area contributed by atoms with E-state index in [0.29, 0.717) is 16.9 Å². The van der Waals surface area contributed by atoms with Crippen molar-refractivity contribution in [2.24, 2.45) is 0 Å². The molecule has 3 rings (SSSR count). The molecule has 0 radical (unpaired) electrons. The molecule has 1 saturated heterocycles. The van der Waals surface area contributed by atoms with Crippen molar-refractivity contribution >= 4 is 16.9 Å². The number of hydrogen-bond donors (Lipinski definition) is 3. The molecule has 19 heavy (non-hydrogen) atoms. The monoisotopic (exact) mass is 268 g/mol. The number of nitrogens with two attached hydrogens (primary N) is 1. The van der Waals surface area contributed by atoms with E-state index in [-0.39, 0.29) is 0 Å². The van der Waals surface area contributed by atoms with E-state index in [1.807, 2.05) is 0 Å². The first-order valence-electron chi connectivity index (χ1n) is 5.79. The Hall–Kier alpha value is -1.77. The molecule has 3 heterocycles. The van der Waals surface area contributed by atoms with Gasteiger partial charge in [-0.1, -0.05) is 0 Å². The number of alkyl halides is 1. The minimum absolute atomic E-state index is 0.374. The van der Waals surface area contributed by atoms with Crippen LogP contribution in [-0.4, -0.2) is 49.7 Å². The first-order chi connectivity index (χ1) is 9.13. The molecule has 102 valence electrons. The van der Waals surface area contributed by atoms with Crippen molar-refractivity contribution in [3.63, 3.8) is 0 Å². The van der Waals surface area contributed by atoms with Crippen molar-refractivity contribution in [3.05, 3.63) is 18.6 Å². The van der Waals surface area contributed by atoms with Crippen molar-refractivity contribution < 1.29 is 19.3 Å². The van der Waals surface area contributed by atoms with E-state index in [4.69, 9.17) is 15.6 Å². The number of aliphatic hydroxyl groups is 2. The van der Waals surface area contributed by atoms with Crippen LogP contribution < -0.4 is 5.73 Å². The van der Waals surface area contributed by atoms with Gasteiger partial charge in [-0.15, -0.1) is 0 Å². The van der Waals surface area contributed by atoms with Gasteiger partial charge in [0.2, 0.25) is 0 Å². The molecule has 1 aliphatic rings. The van der Waals surface area contributed by atoms with Gasteiger partial charge in [0.05, 0.1) is 18.6 Å². The van der Waals surface area contributed by atoms with Crippen LogP contribution in [0.2, 0.25) is 0 Å². The second-order valence-corrected chi connectivity index (χ2v) is 4.41. The molecule has 0 bridgehead atoms. The van der Waals surface area contributed by atoms with Gasteiger partial charge in [-0.25, -0.2) is 14.4 Å². The molecule has 4 atom stereocenters. The number of halogens is 1. The van der Waals surface area contributed by atoms with Gasteiger partial charge >= 0.3 is 0 Å². The smallest absolute Gasteiger partial charge is 0.173 e. The predicted molar refractivity (Wildman–Crippen MR) is 63.8 cm³/mol. The van der Waals surface area contributed by atoms with Gasteiger partial charge in [0.15, 0.2) is 18.0 Å². The number of pyridine rings is 1. The number of nitrogen functional groups attached to an aromatic ring is 1. The maximum absolute atomic E-state index is 14.0. The molecule has 0 spiro atoms. The third-order valence-electron chi connectivity index (χ3n) is 3.24. The van der Waals surface area contributed by atoms with E-state index in [2.05, 4.69) is 9.97 Å². The van der Waals surface area contributed by atoms with E-state index in [0.717, 1.165) is 0 Å². The van der Waals surface area contributed by atoms with Crippen LogP contribution >= 0.6 is 0 Å². The van der Waals surface area contributed by atoms with E-state index in [1.54, 1.807) is 6.07 Å². The van der Waals surface area contributed by atoms with Crippen LogP contribution in [0.15, 0.2) is 18.6 Å². The summed E-state index contributed by atoms with van der Waals surface area (Å²) in [4.78, 5) is 8.14. The molecule has 1 aliphatic heterocycles. The van der Waals surface area contributed by atoms with Crippen molar-refractivity contribution in [3.8, 4) is 0 Å². The molecule has 2 aromatic rings. The first kappa shape index (κ1) is 12.3. The zero-order valence-corrected chi connectivity index (χ0v) is 9.85. The Morgan fingerprint density at radius 3 is 2.95 bits per heavy atom. The minimum Gasteiger partial charge on any atom is -0.397 e. The molecule has 8 heteroatoms. The lowest BCUT2D eigenvalue weighted by Gasteiger charge is -2.14. The number of fused-ring (bicyclic) bond motifs is 1. The number of aliphatic hydroxyl groups excluding tert-OH is 2. The lowest BCUT2D eigenvalue weighted by Crippen LogP contribution is -2.30. The molecule has 1 fully saturated rings. The maximum atomic E-state index is 14.0. The summed E-state index contributed by atoms with van der Waals surface area (Å²) in [6, 6.07) is 1.59. The molecular formula is C11H13FN4O3. The van der Waals surface area contributed by atoms with Crippen LogP contribution in [0.3, 0.4) is 0 Å². The Balaban J connectivity index is 2.04. The highest BCUT2D eigenvalue weighted by atomic mass is 19.1. The molecule has 0 saturated carbocycles. The van der Waals surface area contributed by atoms with E-state index >= 15 is 0 Å². The summed E-state index contributed by atoms with van der Waals surface area (Å²) in [7, 11) is 0. The molecular weight excluding hydrogens is 255 g/mol. The number of anilines is 1. The van der Waals surface area contributed by atoms with Crippen LogP contribution in [-0.2, 0) is 4.74 Å². The molecule has 0 unspecified atom stereocenters. The largest absolute Gasteiger partial charge is 0.397 e. The Kier molecular flexibility index (Phi) is 2.85. The molecule has 0 aliphatic carbocycles. The summed E-state index contributed by atoms with van der Waals surface area (Å²) in [5, 5.41) is 18.6. The molecule has 0 aromatic carbocycles. The standard InChI is InChI=1S/C11H13FN4O3/c12-7-9(18)6(3-17)19-11(7)16-4-15-8-5(13)1-2-14-10(8)16/h1-2,4,6-7,9,11,17-18H,3H2,(H2,13,14)/t6-,7+,9-,11-/m1/s1. The van der Waals surface area contributed by atoms with Crippen molar-refractivity contribution in [2.75, 3.05) is 12.3 Å². The average molecular weight is 268 g/mol. The van der Waals surface area contributed by atoms with Gasteiger partial charge in [0.1, 0.15) is 17.7 Å². The van der Waals surface area contributed by atoms with Gasteiger partial charge in [-0.3, -0.25) is 4.57 Å². The van der Waals surface area contributed by atoms with Crippen molar-refractivity contribution in [2.45, 2.75) is 24.6 Å². The van der Waals surface area contributed by atoms with Crippen LogP contribution in [0, 0.1) is 0 Å². The van der Waals surface area contributed by atoms with Crippen LogP contribution in [0.5, 0.6) is 0 Å². The van der Waals surface area contributed by atoms with Crippen LogP contribution in [0.25, 0.3) is 11.2 Å². The Bertz CT molecular complexity index is 605. The molecule has 4 N–H and O–H groups in total.